The lowest BCUT2D eigenvalue weighted by Gasteiger charge is -1.93. The standard InChI is InChI=1S/C9H5N4/c1-6-3-10-5-11-8(6)2-9-7(1)4-12-13-9/h1-4H,(H,12,13). The molecule has 61 valence electrons. The third-order valence-corrected chi connectivity index (χ3v) is 2.02. The van der Waals surface area contributed by atoms with Gasteiger partial charge in [-0.3, -0.25) is 5.10 Å². The summed E-state index contributed by atoms with van der Waals surface area (Å²) in [5.74, 6) is 0. The van der Waals surface area contributed by atoms with Crippen molar-refractivity contribution in [3.63, 3.8) is 0 Å². The van der Waals surface area contributed by atoms with E-state index in [1.165, 1.54) is 0 Å². The lowest BCUT2D eigenvalue weighted by molar-refractivity contribution is 1.12. The predicted molar refractivity (Wildman–Crippen MR) is 48.0 cm³/mol. The Morgan fingerprint density at radius 2 is 2.15 bits per heavy atom. The lowest BCUT2D eigenvalue weighted by Crippen LogP contribution is -1.80. The Bertz CT molecular complexity index is 520. The summed E-state index contributed by atoms with van der Waals surface area (Å²) in [7, 11) is 0. The molecule has 0 fully saturated rings. The number of nitrogens with one attached hydrogen (secondary N) is 1. The van der Waals surface area contributed by atoms with Crippen molar-refractivity contribution in [1.29, 1.82) is 0 Å². The summed E-state index contributed by atoms with van der Waals surface area (Å²) in [5.41, 5.74) is 1.87. The summed E-state index contributed by atoms with van der Waals surface area (Å²) in [6, 6.07) is 3.94. The largest absolute Gasteiger partial charge is 0.278 e. The Balaban J connectivity index is 2.57. The van der Waals surface area contributed by atoms with Gasteiger partial charge in [-0.1, -0.05) is 0 Å². The van der Waals surface area contributed by atoms with Gasteiger partial charge in [0.2, 0.25) is 0 Å². The van der Waals surface area contributed by atoms with E-state index in [2.05, 4.69) is 26.5 Å². The van der Waals surface area contributed by atoms with Crippen molar-refractivity contribution in [2.24, 2.45) is 0 Å². The molecular formula is C9H5N4. The number of hydrogen-bond acceptors (Lipinski definition) is 3. The van der Waals surface area contributed by atoms with E-state index in [0.29, 0.717) is 0 Å². The maximum atomic E-state index is 4.03. The maximum absolute atomic E-state index is 4.03. The van der Waals surface area contributed by atoms with Crippen LogP contribution in [0.2, 0.25) is 0 Å². The zero-order chi connectivity index (χ0) is 8.67. The van der Waals surface area contributed by atoms with E-state index in [0.717, 1.165) is 21.8 Å². The fraction of sp³-hybridized carbons (Fsp3) is 0. The fourth-order valence-corrected chi connectivity index (χ4v) is 1.38. The normalized spacial score (nSPS) is 11.1. The monoisotopic (exact) mass is 169 g/mol. The van der Waals surface area contributed by atoms with Gasteiger partial charge in [0.1, 0.15) is 0 Å². The quantitative estimate of drug-likeness (QED) is 0.552. The lowest BCUT2D eigenvalue weighted by atomic mass is 10.2. The predicted octanol–water partition coefficient (Wildman–Crippen LogP) is 1.31. The van der Waals surface area contributed by atoms with E-state index in [1.54, 1.807) is 12.4 Å². The average molecular weight is 169 g/mol. The minimum atomic E-state index is 0.881. The van der Waals surface area contributed by atoms with E-state index in [-0.39, 0.29) is 0 Å². The average Bonchev–Trinajstić information content (AvgIpc) is 2.61. The second kappa shape index (κ2) is 2.26. The van der Waals surface area contributed by atoms with Crippen molar-refractivity contribution in [2.45, 2.75) is 0 Å². The number of rotatable bonds is 0. The summed E-state index contributed by atoms with van der Waals surface area (Å²) in [6.07, 6.45) is 6.09. The Kier molecular flexibility index (Phi) is 1.14. The molecule has 0 bridgehead atoms. The van der Waals surface area contributed by atoms with Gasteiger partial charge in [0.15, 0.2) is 6.33 Å². The fourth-order valence-electron chi connectivity index (χ4n) is 1.38. The highest BCUT2D eigenvalue weighted by atomic mass is 15.1. The van der Waals surface area contributed by atoms with Crippen LogP contribution in [0.5, 0.6) is 0 Å². The molecule has 4 nitrogen and oxygen atoms in total. The topological polar surface area (TPSA) is 54.5 Å². The number of hydrogen-bond donors (Lipinski definition) is 1. The van der Waals surface area contributed by atoms with E-state index >= 15 is 0 Å². The Hall–Kier alpha value is -1.97. The van der Waals surface area contributed by atoms with E-state index < -0.39 is 0 Å². The number of fused-ring (bicyclic) bond motifs is 2. The first kappa shape index (κ1) is 6.54. The van der Waals surface area contributed by atoms with Crippen molar-refractivity contribution in [3.8, 4) is 0 Å². The minimum absolute atomic E-state index is 0.881. The highest BCUT2D eigenvalue weighted by molar-refractivity contribution is 5.93. The molecule has 0 saturated carbocycles. The molecule has 0 aliphatic carbocycles. The van der Waals surface area contributed by atoms with Gasteiger partial charge in [-0.05, 0) is 12.1 Å². The van der Waals surface area contributed by atoms with Gasteiger partial charge >= 0.3 is 0 Å². The molecule has 0 aliphatic heterocycles. The van der Waals surface area contributed by atoms with E-state index in [9.17, 15) is 0 Å². The third-order valence-electron chi connectivity index (χ3n) is 2.02. The van der Waals surface area contributed by atoms with Gasteiger partial charge in [-0.2, -0.15) is 5.10 Å². The van der Waals surface area contributed by atoms with Gasteiger partial charge in [-0.25, -0.2) is 9.97 Å². The van der Waals surface area contributed by atoms with Gasteiger partial charge in [-0.15, -0.1) is 0 Å². The second-order valence-electron chi connectivity index (χ2n) is 2.84. The number of nitrogens with zero attached hydrogens (tertiary/aromatic N) is 3. The summed E-state index contributed by atoms with van der Waals surface area (Å²) < 4.78 is 0. The van der Waals surface area contributed by atoms with Crippen LogP contribution >= 0.6 is 0 Å². The molecule has 0 saturated heterocycles. The van der Waals surface area contributed by atoms with E-state index in [4.69, 9.17) is 0 Å². The van der Waals surface area contributed by atoms with Crippen molar-refractivity contribution in [3.05, 3.63) is 30.9 Å². The van der Waals surface area contributed by atoms with Crippen LogP contribution in [-0.4, -0.2) is 20.2 Å². The van der Waals surface area contributed by atoms with E-state index in [1.807, 2.05) is 12.1 Å². The zero-order valence-corrected chi connectivity index (χ0v) is 6.65. The molecule has 13 heavy (non-hydrogen) atoms. The van der Waals surface area contributed by atoms with Crippen molar-refractivity contribution in [1.82, 2.24) is 20.2 Å². The second-order valence-corrected chi connectivity index (χ2v) is 2.84. The summed E-state index contributed by atoms with van der Waals surface area (Å²) in [6.45, 7) is 0. The minimum Gasteiger partial charge on any atom is -0.278 e. The molecule has 0 atom stereocenters. The molecule has 1 aromatic carbocycles. The first-order valence-corrected chi connectivity index (χ1v) is 3.89. The molecule has 1 radical (unpaired) electrons. The smallest absolute Gasteiger partial charge is 0.198 e. The molecule has 2 aromatic heterocycles. The molecule has 4 heteroatoms. The molecule has 3 rings (SSSR count). The molecule has 0 aliphatic rings. The van der Waals surface area contributed by atoms with Crippen LogP contribution < -0.4 is 0 Å². The van der Waals surface area contributed by atoms with Crippen LogP contribution in [0.25, 0.3) is 21.8 Å². The van der Waals surface area contributed by atoms with Crippen molar-refractivity contribution < 1.29 is 0 Å². The zero-order valence-electron chi connectivity index (χ0n) is 6.65. The van der Waals surface area contributed by atoms with Crippen LogP contribution in [0.4, 0.5) is 0 Å². The van der Waals surface area contributed by atoms with Crippen LogP contribution in [0, 0.1) is 6.33 Å². The highest BCUT2D eigenvalue weighted by Gasteiger charge is 1.99. The van der Waals surface area contributed by atoms with Gasteiger partial charge in [0.25, 0.3) is 0 Å². The molecule has 3 aromatic rings. The van der Waals surface area contributed by atoms with Crippen molar-refractivity contribution >= 4 is 21.8 Å². The SMILES string of the molecule is [c]1ncc2cc3cn[nH]c3cc2n1. The Morgan fingerprint density at radius 3 is 3.15 bits per heavy atom. The molecular weight excluding hydrogens is 164 g/mol. The molecule has 0 spiro atoms. The number of H-pyrrole nitrogens is 1. The summed E-state index contributed by atoms with van der Waals surface area (Å²) in [4.78, 5) is 7.86. The molecule has 2 heterocycles. The van der Waals surface area contributed by atoms with Gasteiger partial charge < -0.3 is 0 Å². The van der Waals surface area contributed by atoms with Crippen LogP contribution in [0.15, 0.2) is 24.5 Å². The number of aromatic nitrogens is 4. The summed E-state index contributed by atoms with van der Waals surface area (Å²) in [5, 5.41) is 8.91. The Morgan fingerprint density at radius 1 is 1.15 bits per heavy atom. The molecule has 0 amide bonds. The van der Waals surface area contributed by atoms with Crippen molar-refractivity contribution in [2.75, 3.05) is 0 Å². The number of aromatic amines is 1. The maximum Gasteiger partial charge on any atom is 0.198 e. The first-order valence-electron chi connectivity index (χ1n) is 3.89. The molecule has 1 N–H and O–H groups in total. The van der Waals surface area contributed by atoms with Gasteiger partial charge in [0, 0.05) is 17.0 Å². The Labute approximate surface area is 73.6 Å². The number of benzene rings is 1. The van der Waals surface area contributed by atoms with Crippen LogP contribution in [-0.2, 0) is 0 Å². The summed E-state index contributed by atoms with van der Waals surface area (Å²) >= 11 is 0. The van der Waals surface area contributed by atoms with Crippen LogP contribution in [0.1, 0.15) is 0 Å². The highest BCUT2D eigenvalue weighted by Crippen LogP contribution is 2.17. The molecule has 0 unspecified atom stereocenters. The van der Waals surface area contributed by atoms with Crippen LogP contribution in [0.3, 0.4) is 0 Å². The van der Waals surface area contributed by atoms with Gasteiger partial charge in [0.05, 0.1) is 17.2 Å². The first-order chi connectivity index (χ1) is 6.43. The third kappa shape index (κ3) is 0.885.